The van der Waals surface area contributed by atoms with E-state index in [-0.39, 0.29) is 5.17 Å². The van der Waals surface area contributed by atoms with Crippen molar-refractivity contribution in [3.05, 3.63) is 0 Å². The number of carbonyl (C=O) groups is 1. The minimum Gasteiger partial charge on any atom is -0.455 e. The van der Waals surface area contributed by atoms with Crippen LogP contribution in [0.2, 0.25) is 0 Å². The zero-order valence-corrected chi connectivity index (χ0v) is 6.42. The van der Waals surface area contributed by atoms with Gasteiger partial charge in [0.15, 0.2) is 11.3 Å². The second kappa shape index (κ2) is 4.11. The lowest BCUT2D eigenvalue weighted by Crippen LogP contribution is -2.18. The molecule has 0 fully saturated rings. The van der Waals surface area contributed by atoms with Crippen molar-refractivity contribution in [2.75, 3.05) is 0 Å². The van der Waals surface area contributed by atoms with Crippen LogP contribution in [0.1, 0.15) is 13.8 Å². The maximum absolute atomic E-state index is 10.3. The van der Waals surface area contributed by atoms with Gasteiger partial charge < -0.3 is 9.94 Å². The standard InChI is InChI=1S/C5H8ClNO3/c1-3(5(6)7-9)10-4(2)8/h3,9H,1-2H3/b7-5-/t3-/m1/s1. The van der Waals surface area contributed by atoms with Crippen LogP contribution in [0.3, 0.4) is 0 Å². The number of ether oxygens (including phenoxy) is 1. The molecule has 10 heavy (non-hydrogen) atoms. The van der Waals surface area contributed by atoms with E-state index in [0.29, 0.717) is 0 Å². The SMILES string of the molecule is CC(=O)O[C@H](C)/C(Cl)=N/O. The third-order valence-corrected chi connectivity index (χ3v) is 1.16. The number of carbonyl (C=O) groups excluding carboxylic acids is 1. The van der Waals surface area contributed by atoms with Crippen molar-refractivity contribution < 1.29 is 14.7 Å². The van der Waals surface area contributed by atoms with Gasteiger partial charge in [-0.1, -0.05) is 16.8 Å². The number of rotatable bonds is 2. The maximum atomic E-state index is 10.3. The molecule has 0 aliphatic carbocycles. The molecule has 0 aliphatic rings. The molecule has 0 spiro atoms. The molecule has 0 bridgehead atoms. The number of hydrogen-bond donors (Lipinski definition) is 1. The first-order chi connectivity index (χ1) is 4.57. The smallest absolute Gasteiger partial charge is 0.303 e. The lowest BCUT2D eigenvalue weighted by molar-refractivity contribution is -0.142. The summed E-state index contributed by atoms with van der Waals surface area (Å²) in [5.74, 6) is -0.464. The Bertz CT molecular complexity index is 157. The van der Waals surface area contributed by atoms with Gasteiger partial charge in [-0.25, -0.2) is 0 Å². The molecule has 0 aromatic carbocycles. The summed E-state index contributed by atoms with van der Waals surface area (Å²) in [6.07, 6.45) is -0.677. The Kier molecular flexibility index (Phi) is 3.79. The lowest BCUT2D eigenvalue weighted by Gasteiger charge is -2.06. The van der Waals surface area contributed by atoms with Gasteiger partial charge in [0, 0.05) is 6.92 Å². The normalized spacial score (nSPS) is 14.5. The Labute approximate surface area is 63.4 Å². The zero-order chi connectivity index (χ0) is 8.15. The van der Waals surface area contributed by atoms with Crippen LogP contribution in [0.25, 0.3) is 0 Å². The highest BCUT2D eigenvalue weighted by atomic mass is 35.5. The Morgan fingerprint density at radius 1 is 1.80 bits per heavy atom. The van der Waals surface area contributed by atoms with E-state index in [1.807, 2.05) is 0 Å². The highest BCUT2D eigenvalue weighted by molar-refractivity contribution is 6.66. The summed E-state index contributed by atoms with van der Waals surface area (Å²) >= 11 is 5.28. The Morgan fingerprint density at radius 2 is 2.30 bits per heavy atom. The molecule has 1 atom stereocenters. The minimum atomic E-state index is -0.677. The van der Waals surface area contributed by atoms with Crippen LogP contribution in [0, 0.1) is 0 Å². The molecule has 0 radical (unpaired) electrons. The summed E-state index contributed by atoms with van der Waals surface area (Å²) < 4.78 is 4.54. The quantitative estimate of drug-likeness (QED) is 0.287. The number of hydrogen-bond acceptors (Lipinski definition) is 4. The van der Waals surface area contributed by atoms with Crippen molar-refractivity contribution in [2.45, 2.75) is 20.0 Å². The van der Waals surface area contributed by atoms with Gasteiger partial charge >= 0.3 is 5.97 Å². The molecule has 1 N–H and O–H groups in total. The third-order valence-electron chi connectivity index (χ3n) is 0.774. The minimum absolute atomic E-state index is 0.143. The van der Waals surface area contributed by atoms with Crippen LogP contribution >= 0.6 is 11.6 Å². The van der Waals surface area contributed by atoms with E-state index in [4.69, 9.17) is 16.8 Å². The van der Waals surface area contributed by atoms with E-state index in [1.54, 1.807) is 0 Å². The predicted molar refractivity (Wildman–Crippen MR) is 36.3 cm³/mol. The summed E-state index contributed by atoms with van der Waals surface area (Å²) in [6, 6.07) is 0. The van der Waals surface area contributed by atoms with E-state index in [1.165, 1.54) is 13.8 Å². The largest absolute Gasteiger partial charge is 0.455 e. The third kappa shape index (κ3) is 3.29. The van der Waals surface area contributed by atoms with Gasteiger partial charge in [0.1, 0.15) is 0 Å². The summed E-state index contributed by atoms with van der Waals surface area (Å²) in [7, 11) is 0. The highest BCUT2D eigenvalue weighted by Crippen LogP contribution is 1.98. The zero-order valence-electron chi connectivity index (χ0n) is 5.67. The van der Waals surface area contributed by atoms with Gasteiger partial charge in [-0.15, -0.1) is 0 Å². The van der Waals surface area contributed by atoms with Crippen LogP contribution in [-0.2, 0) is 9.53 Å². The van der Waals surface area contributed by atoms with Crippen molar-refractivity contribution in [1.82, 2.24) is 0 Å². The van der Waals surface area contributed by atoms with Crippen LogP contribution < -0.4 is 0 Å². The maximum Gasteiger partial charge on any atom is 0.303 e. The fourth-order valence-electron chi connectivity index (χ4n) is 0.379. The number of esters is 1. The van der Waals surface area contributed by atoms with E-state index in [2.05, 4.69) is 9.89 Å². The second-order valence-electron chi connectivity index (χ2n) is 1.67. The summed E-state index contributed by atoms with van der Waals surface area (Å²) in [4.78, 5) is 10.3. The number of oxime groups is 1. The number of nitrogens with zero attached hydrogens (tertiary/aromatic N) is 1. The van der Waals surface area contributed by atoms with Gasteiger partial charge in [0.05, 0.1) is 0 Å². The first-order valence-electron chi connectivity index (χ1n) is 2.62. The van der Waals surface area contributed by atoms with E-state index in [9.17, 15) is 4.79 Å². The molecule has 0 unspecified atom stereocenters. The molecular weight excluding hydrogens is 158 g/mol. The summed E-state index contributed by atoms with van der Waals surface area (Å²) in [5.41, 5.74) is 0. The van der Waals surface area contributed by atoms with E-state index < -0.39 is 12.1 Å². The Hall–Kier alpha value is -0.770. The van der Waals surface area contributed by atoms with Crippen molar-refractivity contribution in [2.24, 2.45) is 5.16 Å². The van der Waals surface area contributed by atoms with E-state index in [0.717, 1.165) is 0 Å². The van der Waals surface area contributed by atoms with Crippen LogP contribution in [0.4, 0.5) is 0 Å². The van der Waals surface area contributed by atoms with Crippen molar-refractivity contribution >= 4 is 22.7 Å². The molecule has 0 aromatic heterocycles. The number of halogens is 1. The molecule has 0 heterocycles. The predicted octanol–water partition coefficient (Wildman–Crippen LogP) is 0.964. The lowest BCUT2D eigenvalue weighted by atomic mass is 10.4. The molecule has 0 amide bonds. The van der Waals surface area contributed by atoms with E-state index >= 15 is 0 Å². The van der Waals surface area contributed by atoms with Gasteiger partial charge in [-0.2, -0.15) is 0 Å². The molecule has 4 nitrogen and oxygen atoms in total. The van der Waals surface area contributed by atoms with Crippen LogP contribution in [-0.4, -0.2) is 22.5 Å². The van der Waals surface area contributed by atoms with Gasteiger partial charge in [0.2, 0.25) is 0 Å². The fourth-order valence-corrected chi connectivity index (χ4v) is 0.423. The Balaban J connectivity index is 3.85. The first-order valence-corrected chi connectivity index (χ1v) is 3.00. The molecule has 0 aromatic rings. The molecule has 5 heteroatoms. The monoisotopic (exact) mass is 165 g/mol. The van der Waals surface area contributed by atoms with Gasteiger partial charge in [0.25, 0.3) is 0 Å². The molecule has 0 rings (SSSR count). The highest BCUT2D eigenvalue weighted by Gasteiger charge is 2.10. The average molecular weight is 166 g/mol. The van der Waals surface area contributed by atoms with Crippen molar-refractivity contribution in [1.29, 1.82) is 0 Å². The molecule has 58 valence electrons. The van der Waals surface area contributed by atoms with Gasteiger partial charge in [-0.3, -0.25) is 4.79 Å². The second-order valence-corrected chi connectivity index (χ2v) is 2.06. The topological polar surface area (TPSA) is 58.9 Å². The first kappa shape index (κ1) is 9.23. The molecule has 0 saturated carbocycles. The fraction of sp³-hybridized carbons (Fsp3) is 0.600. The molecular formula is C5H8ClNO3. The Morgan fingerprint density at radius 3 is 2.60 bits per heavy atom. The summed E-state index contributed by atoms with van der Waals surface area (Å²) in [6.45, 7) is 2.75. The summed E-state index contributed by atoms with van der Waals surface area (Å²) in [5, 5.41) is 10.6. The average Bonchev–Trinajstić information content (AvgIpc) is 1.85. The van der Waals surface area contributed by atoms with Crippen molar-refractivity contribution in [3.63, 3.8) is 0 Å². The van der Waals surface area contributed by atoms with Crippen LogP contribution in [0.15, 0.2) is 5.16 Å². The van der Waals surface area contributed by atoms with Crippen LogP contribution in [0.5, 0.6) is 0 Å². The van der Waals surface area contributed by atoms with Crippen molar-refractivity contribution in [3.8, 4) is 0 Å². The molecule has 0 saturated heterocycles. The molecule has 0 aliphatic heterocycles. The van der Waals surface area contributed by atoms with Gasteiger partial charge in [-0.05, 0) is 6.92 Å².